The van der Waals surface area contributed by atoms with Crippen molar-refractivity contribution in [3.05, 3.63) is 64.7 Å². The highest BCUT2D eigenvalue weighted by Gasteiger charge is 2.21. The van der Waals surface area contributed by atoms with E-state index in [9.17, 15) is 9.59 Å². The van der Waals surface area contributed by atoms with Crippen LogP contribution in [0.3, 0.4) is 0 Å². The number of nitrogens with one attached hydrogen (secondary N) is 2. The summed E-state index contributed by atoms with van der Waals surface area (Å²) in [6.45, 7) is 4.55. The van der Waals surface area contributed by atoms with Crippen molar-refractivity contribution < 1.29 is 14.3 Å². The third kappa shape index (κ3) is 5.22. The van der Waals surface area contributed by atoms with Gasteiger partial charge in [0.1, 0.15) is 0 Å². The topological polar surface area (TPSA) is 67.4 Å². The predicted molar refractivity (Wildman–Crippen MR) is 99.3 cm³/mol. The lowest BCUT2D eigenvalue weighted by molar-refractivity contribution is 0.0601. The zero-order valence-electron chi connectivity index (χ0n) is 14.4. The molecule has 0 saturated carbocycles. The van der Waals surface area contributed by atoms with E-state index in [1.807, 2.05) is 38.1 Å². The fourth-order valence-electron chi connectivity index (χ4n) is 2.29. The highest BCUT2D eigenvalue weighted by atomic mass is 35.5. The summed E-state index contributed by atoms with van der Waals surface area (Å²) in [6, 6.07) is 13.8. The molecule has 2 aromatic carbocycles. The second-order valence-corrected chi connectivity index (χ2v) is 6.70. The lowest BCUT2D eigenvalue weighted by Gasteiger charge is -2.25. The van der Waals surface area contributed by atoms with Crippen LogP contribution in [0.15, 0.2) is 48.5 Å². The number of hydrogen-bond donors (Lipinski definition) is 2. The van der Waals surface area contributed by atoms with E-state index in [0.29, 0.717) is 22.8 Å². The van der Waals surface area contributed by atoms with E-state index in [2.05, 4.69) is 15.4 Å². The minimum absolute atomic E-state index is 0.239. The Morgan fingerprint density at radius 2 is 1.64 bits per heavy atom. The van der Waals surface area contributed by atoms with Crippen molar-refractivity contribution in [1.29, 1.82) is 0 Å². The summed E-state index contributed by atoms with van der Waals surface area (Å²) in [7, 11) is 1.32. The number of rotatable bonds is 5. The van der Waals surface area contributed by atoms with Crippen molar-refractivity contribution in [1.82, 2.24) is 5.32 Å². The summed E-state index contributed by atoms with van der Waals surface area (Å²) in [5.41, 5.74) is 1.86. The maximum atomic E-state index is 12.1. The second kappa shape index (κ2) is 8.03. The van der Waals surface area contributed by atoms with Gasteiger partial charge < -0.3 is 15.4 Å². The fourth-order valence-corrected chi connectivity index (χ4v) is 2.41. The van der Waals surface area contributed by atoms with Crippen molar-refractivity contribution >= 4 is 29.3 Å². The van der Waals surface area contributed by atoms with E-state index in [0.717, 1.165) is 5.56 Å². The van der Waals surface area contributed by atoms with Gasteiger partial charge in [-0.05, 0) is 42.0 Å². The van der Waals surface area contributed by atoms with Crippen molar-refractivity contribution in [2.45, 2.75) is 19.3 Å². The summed E-state index contributed by atoms with van der Waals surface area (Å²) >= 11 is 5.91. The van der Waals surface area contributed by atoms with Gasteiger partial charge in [-0.25, -0.2) is 9.59 Å². The summed E-state index contributed by atoms with van der Waals surface area (Å²) in [5.74, 6) is -0.416. The minimum Gasteiger partial charge on any atom is -0.465 e. The molecular weight excluding hydrogens is 340 g/mol. The smallest absolute Gasteiger partial charge is 0.337 e. The lowest BCUT2D eigenvalue weighted by atomic mass is 9.85. The normalized spacial score (nSPS) is 10.9. The SMILES string of the molecule is COC(=O)c1ccc(NC(=O)NCC(C)(C)c2ccc(Cl)cc2)cc1. The fraction of sp³-hybridized carbons (Fsp3) is 0.263. The molecule has 0 atom stereocenters. The highest BCUT2D eigenvalue weighted by molar-refractivity contribution is 6.30. The molecule has 0 fully saturated rings. The molecule has 0 aliphatic heterocycles. The zero-order chi connectivity index (χ0) is 18.4. The Morgan fingerprint density at radius 3 is 2.20 bits per heavy atom. The molecule has 2 rings (SSSR count). The number of ether oxygens (including phenoxy) is 1. The molecule has 0 radical (unpaired) electrons. The van der Waals surface area contributed by atoms with Gasteiger partial charge in [-0.15, -0.1) is 0 Å². The van der Waals surface area contributed by atoms with E-state index in [-0.39, 0.29) is 11.4 Å². The third-order valence-corrected chi connectivity index (χ3v) is 4.13. The average molecular weight is 361 g/mol. The number of carbonyl (C=O) groups is 2. The van der Waals surface area contributed by atoms with Crippen molar-refractivity contribution in [2.75, 3.05) is 19.0 Å². The first kappa shape index (κ1) is 18.8. The maximum absolute atomic E-state index is 12.1. The maximum Gasteiger partial charge on any atom is 0.337 e. The highest BCUT2D eigenvalue weighted by Crippen LogP contribution is 2.23. The summed E-state index contributed by atoms with van der Waals surface area (Å²) in [5, 5.41) is 6.28. The number of anilines is 1. The van der Waals surface area contributed by atoms with Crippen LogP contribution < -0.4 is 10.6 Å². The first-order valence-electron chi connectivity index (χ1n) is 7.81. The van der Waals surface area contributed by atoms with Gasteiger partial charge in [0.25, 0.3) is 0 Å². The number of benzene rings is 2. The van der Waals surface area contributed by atoms with E-state index < -0.39 is 5.97 Å². The molecule has 0 heterocycles. The molecule has 2 amide bonds. The van der Waals surface area contributed by atoms with Crippen LogP contribution >= 0.6 is 11.6 Å². The monoisotopic (exact) mass is 360 g/mol. The Morgan fingerprint density at radius 1 is 1.04 bits per heavy atom. The van der Waals surface area contributed by atoms with Gasteiger partial charge in [0.15, 0.2) is 0 Å². The number of halogens is 1. The lowest BCUT2D eigenvalue weighted by Crippen LogP contribution is -2.38. The van der Waals surface area contributed by atoms with Crippen LogP contribution in [-0.2, 0) is 10.2 Å². The molecule has 25 heavy (non-hydrogen) atoms. The quantitative estimate of drug-likeness (QED) is 0.784. The number of methoxy groups -OCH3 is 1. The molecule has 132 valence electrons. The van der Waals surface area contributed by atoms with Gasteiger partial charge in [0, 0.05) is 22.7 Å². The van der Waals surface area contributed by atoms with Crippen molar-refractivity contribution in [3.63, 3.8) is 0 Å². The molecule has 2 aromatic rings. The van der Waals surface area contributed by atoms with Crippen molar-refractivity contribution in [2.24, 2.45) is 0 Å². The van der Waals surface area contributed by atoms with Crippen LogP contribution in [0, 0.1) is 0 Å². The molecule has 0 bridgehead atoms. The van der Waals surface area contributed by atoms with Crippen LogP contribution in [0.4, 0.5) is 10.5 Å². The third-order valence-electron chi connectivity index (χ3n) is 3.88. The van der Waals surface area contributed by atoms with Gasteiger partial charge in [0.2, 0.25) is 0 Å². The van der Waals surface area contributed by atoms with Crippen LogP contribution in [-0.4, -0.2) is 25.7 Å². The van der Waals surface area contributed by atoms with E-state index in [1.54, 1.807) is 24.3 Å². The number of carbonyl (C=O) groups excluding carboxylic acids is 2. The molecule has 0 spiro atoms. The molecule has 5 nitrogen and oxygen atoms in total. The number of urea groups is 1. The summed E-state index contributed by atoms with van der Waals surface area (Å²) in [4.78, 5) is 23.5. The van der Waals surface area contributed by atoms with Gasteiger partial charge in [-0.1, -0.05) is 37.6 Å². The Balaban J connectivity index is 1.91. The molecule has 6 heteroatoms. The number of esters is 1. The molecule has 0 aliphatic rings. The van der Waals surface area contributed by atoms with E-state index in [1.165, 1.54) is 7.11 Å². The first-order valence-corrected chi connectivity index (χ1v) is 8.19. The Kier molecular flexibility index (Phi) is 6.04. The Hall–Kier alpha value is -2.53. The average Bonchev–Trinajstić information content (AvgIpc) is 2.60. The van der Waals surface area contributed by atoms with Crippen LogP contribution in [0.1, 0.15) is 29.8 Å². The van der Waals surface area contributed by atoms with E-state index >= 15 is 0 Å². The second-order valence-electron chi connectivity index (χ2n) is 6.27. The Bertz CT molecular complexity index is 740. The molecular formula is C19H21ClN2O3. The standard InChI is InChI=1S/C19H21ClN2O3/c1-19(2,14-6-8-15(20)9-7-14)12-21-18(24)22-16-10-4-13(5-11-16)17(23)25-3/h4-11H,12H2,1-3H3,(H2,21,22,24). The van der Waals surface area contributed by atoms with Gasteiger partial charge in [0.05, 0.1) is 12.7 Å². The molecule has 2 N–H and O–H groups in total. The Labute approximate surface area is 152 Å². The van der Waals surface area contributed by atoms with Crippen molar-refractivity contribution in [3.8, 4) is 0 Å². The zero-order valence-corrected chi connectivity index (χ0v) is 15.2. The number of hydrogen-bond acceptors (Lipinski definition) is 3. The van der Waals surface area contributed by atoms with Gasteiger partial charge in [-0.3, -0.25) is 0 Å². The minimum atomic E-state index is -0.416. The molecule has 0 unspecified atom stereocenters. The van der Waals surface area contributed by atoms with Crippen LogP contribution in [0.2, 0.25) is 5.02 Å². The summed E-state index contributed by atoms with van der Waals surface area (Å²) in [6.07, 6.45) is 0. The van der Waals surface area contributed by atoms with Crippen LogP contribution in [0.5, 0.6) is 0 Å². The summed E-state index contributed by atoms with van der Waals surface area (Å²) < 4.78 is 4.64. The van der Waals surface area contributed by atoms with E-state index in [4.69, 9.17) is 11.6 Å². The molecule has 0 saturated heterocycles. The van der Waals surface area contributed by atoms with Gasteiger partial charge >= 0.3 is 12.0 Å². The number of amides is 2. The molecule has 0 aromatic heterocycles. The van der Waals surface area contributed by atoms with Crippen LogP contribution in [0.25, 0.3) is 0 Å². The molecule has 0 aliphatic carbocycles. The van der Waals surface area contributed by atoms with Gasteiger partial charge in [-0.2, -0.15) is 0 Å². The largest absolute Gasteiger partial charge is 0.465 e. The predicted octanol–water partition coefficient (Wildman–Crippen LogP) is 4.23. The first-order chi connectivity index (χ1) is 11.8.